The van der Waals surface area contributed by atoms with E-state index < -0.39 is 5.92 Å². The van der Waals surface area contributed by atoms with Gasteiger partial charge in [-0.05, 0) is 6.92 Å². The van der Waals surface area contributed by atoms with Crippen molar-refractivity contribution in [2.75, 3.05) is 12.4 Å². The van der Waals surface area contributed by atoms with Crippen molar-refractivity contribution in [3.8, 4) is 0 Å². The van der Waals surface area contributed by atoms with E-state index in [1.807, 2.05) is 0 Å². The van der Waals surface area contributed by atoms with Crippen LogP contribution in [0.5, 0.6) is 0 Å². The fourth-order valence-corrected chi connectivity index (χ4v) is 1.13. The minimum absolute atomic E-state index is 0.0562. The highest BCUT2D eigenvalue weighted by Crippen LogP contribution is 2.28. The van der Waals surface area contributed by atoms with Crippen LogP contribution in [0.15, 0.2) is 6.07 Å². The summed E-state index contributed by atoms with van der Waals surface area (Å²) in [5.41, 5.74) is -0.0562. The van der Waals surface area contributed by atoms with Crippen LogP contribution in [0.3, 0.4) is 0 Å². The first kappa shape index (κ1) is 9.95. The van der Waals surface area contributed by atoms with E-state index in [0.717, 1.165) is 6.92 Å². The molecule has 74 valence electrons. The lowest BCUT2D eigenvalue weighted by Crippen LogP contribution is -2.14. The Balaban J connectivity index is 3.11. The number of hydrogen-bond donors (Lipinski definition) is 1. The van der Waals surface area contributed by atoms with Crippen LogP contribution >= 0.6 is 0 Å². The zero-order valence-corrected chi connectivity index (χ0v) is 7.93. The minimum atomic E-state index is -2.84. The van der Waals surface area contributed by atoms with Gasteiger partial charge < -0.3 is 5.32 Å². The van der Waals surface area contributed by atoms with Gasteiger partial charge in [-0.15, -0.1) is 0 Å². The van der Waals surface area contributed by atoms with Crippen LogP contribution in [0.25, 0.3) is 0 Å². The van der Waals surface area contributed by atoms with E-state index in [1.54, 1.807) is 14.0 Å². The Morgan fingerprint density at radius 2 is 2.23 bits per heavy atom. The van der Waals surface area contributed by atoms with Crippen molar-refractivity contribution in [3.63, 3.8) is 0 Å². The molecule has 1 N–H and O–H groups in total. The summed E-state index contributed by atoms with van der Waals surface area (Å²) < 4.78 is 27.2. The lowest BCUT2D eigenvalue weighted by Gasteiger charge is -2.10. The molecule has 0 fully saturated rings. The molecular formula is C8H13F2N3. The Hall–Kier alpha value is -1.13. The maximum absolute atomic E-state index is 13.0. The molecular weight excluding hydrogens is 176 g/mol. The van der Waals surface area contributed by atoms with Crippen LogP contribution in [-0.4, -0.2) is 16.8 Å². The Kier molecular flexibility index (Phi) is 2.54. The third kappa shape index (κ3) is 1.96. The zero-order valence-electron chi connectivity index (χ0n) is 7.93. The number of alkyl halides is 2. The van der Waals surface area contributed by atoms with Crippen molar-refractivity contribution >= 4 is 5.82 Å². The van der Waals surface area contributed by atoms with Crippen molar-refractivity contribution in [2.45, 2.75) is 26.3 Å². The zero-order chi connectivity index (χ0) is 10.1. The summed E-state index contributed by atoms with van der Waals surface area (Å²) in [6.07, 6.45) is 0. The van der Waals surface area contributed by atoms with E-state index in [-0.39, 0.29) is 5.69 Å². The molecule has 1 rings (SSSR count). The largest absolute Gasteiger partial charge is 0.372 e. The van der Waals surface area contributed by atoms with Gasteiger partial charge in [0, 0.05) is 26.6 Å². The van der Waals surface area contributed by atoms with E-state index >= 15 is 0 Å². The monoisotopic (exact) mass is 189 g/mol. The van der Waals surface area contributed by atoms with Gasteiger partial charge in [-0.3, -0.25) is 4.68 Å². The maximum Gasteiger partial charge on any atom is 0.286 e. The fourth-order valence-electron chi connectivity index (χ4n) is 1.13. The molecule has 1 aromatic rings. The van der Waals surface area contributed by atoms with Gasteiger partial charge in [-0.1, -0.05) is 0 Å². The van der Waals surface area contributed by atoms with E-state index in [0.29, 0.717) is 12.4 Å². The average molecular weight is 189 g/mol. The standard InChI is InChI=1S/C8H13F2N3/c1-4-13-6(8(2,9)10)5-7(11-3)12-13/h5H,4H2,1-3H3,(H,11,12). The van der Waals surface area contributed by atoms with Gasteiger partial charge >= 0.3 is 0 Å². The molecule has 0 saturated carbocycles. The highest BCUT2D eigenvalue weighted by atomic mass is 19.3. The molecule has 0 atom stereocenters. The second-order valence-electron chi connectivity index (χ2n) is 2.87. The number of nitrogens with one attached hydrogen (secondary N) is 1. The summed E-state index contributed by atoms with van der Waals surface area (Å²) >= 11 is 0. The number of aromatic nitrogens is 2. The molecule has 0 aromatic carbocycles. The first-order chi connectivity index (χ1) is 5.99. The maximum atomic E-state index is 13.0. The molecule has 0 amide bonds. The highest BCUT2D eigenvalue weighted by molar-refractivity contribution is 5.36. The number of aryl methyl sites for hydroxylation is 1. The molecule has 0 spiro atoms. The Labute approximate surface area is 75.7 Å². The minimum Gasteiger partial charge on any atom is -0.372 e. The van der Waals surface area contributed by atoms with Gasteiger partial charge in [0.25, 0.3) is 5.92 Å². The Bertz CT molecular complexity index is 288. The first-order valence-electron chi connectivity index (χ1n) is 4.13. The lowest BCUT2D eigenvalue weighted by atomic mass is 10.2. The van der Waals surface area contributed by atoms with Gasteiger partial charge in [-0.25, -0.2) is 0 Å². The predicted octanol–water partition coefficient (Wildman–Crippen LogP) is 2.06. The van der Waals surface area contributed by atoms with Crippen LogP contribution in [0.4, 0.5) is 14.6 Å². The van der Waals surface area contributed by atoms with Crippen molar-refractivity contribution in [3.05, 3.63) is 11.8 Å². The van der Waals surface area contributed by atoms with Gasteiger partial charge in [0.2, 0.25) is 0 Å². The average Bonchev–Trinajstić information content (AvgIpc) is 2.46. The summed E-state index contributed by atoms with van der Waals surface area (Å²) in [5.74, 6) is -2.36. The van der Waals surface area contributed by atoms with Crippen molar-refractivity contribution in [2.24, 2.45) is 0 Å². The summed E-state index contributed by atoms with van der Waals surface area (Å²) in [6, 6.07) is 1.36. The van der Waals surface area contributed by atoms with Crippen molar-refractivity contribution in [1.29, 1.82) is 0 Å². The fraction of sp³-hybridized carbons (Fsp3) is 0.625. The number of nitrogens with zero attached hydrogens (tertiary/aromatic N) is 2. The molecule has 13 heavy (non-hydrogen) atoms. The summed E-state index contributed by atoms with van der Waals surface area (Å²) in [7, 11) is 1.65. The van der Waals surface area contributed by atoms with Crippen LogP contribution in [-0.2, 0) is 12.5 Å². The predicted molar refractivity (Wildman–Crippen MR) is 47.0 cm³/mol. The Morgan fingerprint density at radius 3 is 2.54 bits per heavy atom. The van der Waals surface area contributed by atoms with Gasteiger partial charge in [0.15, 0.2) is 0 Å². The number of anilines is 1. The smallest absolute Gasteiger partial charge is 0.286 e. The van der Waals surface area contributed by atoms with Gasteiger partial charge in [-0.2, -0.15) is 13.9 Å². The highest BCUT2D eigenvalue weighted by Gasteiger charge is 2.29. The van der Waals surface area contributed by atoms with Gasteiger partial charge in [0.1, 0.15) is 11.5 Å². The molecule has 0 aliphatic heterocycles. The van der Waals surface area contributed by atoms with Crippen molar-refractivity contribution in [1.82, 2.24) is 9.78 Å². The van der Waals surface area contributed by atoms with Crippen LogP contribution < -0.4 is 5.32 Å². The van der Waals surface area contributed by atoms with Crippen molar-refractivity contribution < 1.29 is 8.78 Å². The van der Waals surface area contributed by atoms with E-state index in [2.05, 4.69) is 10.4 Å². The number of halogens is 2. The molecule has 1 aromatic heterocycles. The van der Waals surface area contributed by atoms with Crippen LogP contribution in [0, 0.1) is 0 Å². The summed E-state index contributed by atoms with van der Waals surface area (Å²) in [5, 5.41) is 6.67. The molecule has 0 saturated heterocycles. The molecule has 5 heteroatoms. The number of rotatable bonds is 3. The van der Waals surface area contributed by atoms with E-state index in [4.69, 9.17) is 0 Å². The second kappa shape index (κ2) is 3.32. The lowest BCUT2D eigenvalue weighted by molar-refractivity contribution is 0.00795. The van der Waals surface area contributed by atoms with Crippen LogP contribution in [0.1, 0.15) is 19.5 Å². The molecule has 0 unspecified atom stereocenters. The summed E-state index contributed by atoms with van der Waals surface area (Å²) in [6.45, 7) is 3.09. The molecule has 0 aliphatic carbocycles. The normalized spacial score (nSPS) is 11.8. The van der Waals surface area contributed by atoms with E-state index in [1.165, 1.54) is 10.7 Å². The molecule has 0 aliphatic rings. The topological polar surface area (TPSA) is 29.9 Å². The number of hydrogen-bond acceptors (Lipinski definition) is 2. The van der Waals surface area contributed by atoms with Crippen LogP contribution in [0.2, 0.25) is 0 Å². The van der Waals surface area contributed by atoms with Gasteiger partial charge in [0.05, 0.1) is 0 Å². The quantitative estimate of drug-likeness (QED) is 0.788. The molecule has 1 heterocycles. The molecule has 3 nitrogen and oxygen atoms in total. The third-order valence-corrected chi connectivity index (χ3v) is 1.79. The van der Waals surface area contributed by atoms with E-state index in [9.17, 15) is 8.78 Å². The Morgan fingerprint density at radius 1 is 1.62 bits per heavy atom. The molecule has 0 bridgehead atoms. The summed E-state index contributed by atoms with van der Waals surface area (Å²) in [4.78, 5) is 0. The SMILES string of the molecule is CCn1nc(NC)cc1C(C)(F)F. The molecule has 0 radical (unpaired) electrons. The second-order valence-corrected chi connectivity index (χ2v) is 2.87. The first-order valence-corrected chi connectivity index (χ1v) is 4.13. The third-order valence-electron chi connectivity index (χ3n) is 1.79.